The van der Waals surface area contributed by atoms with E-state index in [0.717, 1.165) is 31.7 Å². The third-order valence-corrected chi connectivity index (χ3v) is 3.01. The summed E-state index contributed by atoms with van der Waals surface area (Å²) >= 11 is 1.67. The topological polar surface area (TPSA) is 42.7 Å². The van der Waals surface area contributed by atoms with Gasteiger partial charge in [0, 0.05) is 23.8 Å². The Morgan fingerprint density at radius 1 is 1.50 bits per heavy atom. The Labute approximate surface area is 99.4 Å². The molecule has 0 aliphatic carbocycles. The normalized spacial score (nSPS) is 10.8. The largest absolute Gasteiger partial charge is 0.332 e. The van der Waals surface area contributed by atoms with Crippen molar-refractivity contribution in [3.05, 3.63) is 34.8 Å². The molecule has 0 radical (unpaired) electrons. The number of hydrogen-bond acceptors (Lipinski definition) is 4. The van der Waals surface area contributed by atoms with Crippen LogP contribution in [0.25, 0.3) is 0 Å². The standard InChI is InChI=1S/C11H16N4S/c1-2-3-12-4-10-6-15(8-14-10)7-11-5-13-9-16-11/h5-6,8-9,12H,2-4,7H2,1H3. The van der Waals surface area contributed by atoms with Crippen molar-refractivity contribution >= 4 is 11.3 Å². The summed E-state index contributed by atoms with van der Waals surface area (Å²) in [6.45, 7) is 4.92. The second-order valence-corrected chi connectivity index (χ2v) is 4.65. The highest BCUT2D eigenvalue weighted by molar-refractivity contribution is 7.09. The van der Waals surface area contributed by atoms with Crippen molar-refractivity contribution < 1.29 is 0 Å². The summed E-state index contributed by atoms with van der Waals surface area (Å²) < 4.78 is 2.09. The lowest BCUT2D eigenvalue weighted by molar-refractivity contribution is 0.665. The highest BCUT2D eigenvalue weighted by atomic mass is 32.1. The van der Waals surface area contributed by atoms with Crippen LogP contribution >= 0.6 is 11.3 Å². The van der Waals surface area contributed by atoms with Crippen molar-refractivity contribution in [2.75, 3.05) is 6.54 Å². The monoisotopic (exact) mass is 236 g/mol. The molecule has 2 heterocycles. The predicted octanol–water partition coefficient (Wildman–Crippen LogP) is 1.89. The minimum Gasteiger partial charge on any atom is -0.332 e. The zero-order valence-electron chi connectivity index (χ0n) is 9.39. The fourth-order valence-electron chi connectivity index (χ4n) is 1.48. The van der Waals surface area contributed by atoms with Gasteiger partial charge in [0.2, 0.25) is 0 Å². The molecule has 86 valence electrons. The molecule has 1 N–H and O–H groups in total. The minimum absolute atomic E-state index is 0.851. The summed E-state index contributed by atoms with van der Waals surface area (Å²) in [5, 5.41) is 3.34. The minimum atomic E-state index is 0.851. The van der Waals surface area contributed by atoms with Gasteiger partial charge in [-0.1, -0.05) is 6.92 Å². The number of nitrogens with one attached hydrogen (secondary N) is 1. The number of hydrogen-bond donors (Lipinski definition) is 1. The summed E-state index contributed by atoms with van der Waals surface area (Å²) in [4.78, 5) is 9.67. The number of nitrogens with zero attached hydrogens (tertiary/aromatic N) is 3. The molecule has 0 aromatic carbocycles. The van der Waals surface area contributed by atoms with E-state index >= 15 is 0 Å². The molecule has 0 atom stereocenters. The average molecular weight is 236 g/mol. The van der Waals surface area contributed by atoms with Crippen LogP contribution in [-0.2, 0) is 13.1 Å². The van der Waals surface area contributed by atoms with E-state index in [-0.39, 0.29) is 0 Å². The van der Waals surface area contributed by atoms with Crippen molar-refractivity contribution in [3.8, 4) is 0 Å². The van der Waals surface area contributed by atoms with Gasteiger partial charge in [0.15, 0.2) is 0 Å². The van der Waals surface area contributed by atoms with Crippen LogP contribution in [0.3, 0.4) is 0 Å². The van der Waals surface area contributed by atoms with Crippen molar-refractivity contribution in [3.63, 3.8) is 0 Å². The maximum Gasteiger partial charge on any atom is 0.0953 e. The molecule has 2 rings (SSSR count). The molecule has 5 heteroatoms. The van der Waals surface area contributed by atoms with Crippen LogP contribution in [0.4, 0.5) is 0 Å². The molecule has 0 amide bonds. The third-order valence-electron chi connectivity index (χ3n) is 2.24. The van der Waals surface area contributed by atoms with Gasteiger partial charge in [0.1, 0.15) is 0 Å². The van der Waals surface area contributed by atoms with Gasteiger partial charge in [-0.2, -0.15) is 0 Å². The molecule has 0 saturated heterocycles. The molecule has 0 saturated carbocycles. The first-order valence-electron chi connectivity index (χ1n) is 5.47. The van der Waals surface area contributed by atoms with Crippen LogP contribution in [0.1, 0.15) is 23.9 Å². The van der Waals surface area contributed by atoms with E-state index in [1.54, 1.807) is 11.3 Å². The quantitative estimate of drug-likeness (QED) is 0.779. The zero-order chi connectivity index (χ0) is 11.2. The summed E-state index contributed by atoms with van der Waals surface area (Å²) in [5.41, 5.74) is 2.95. The van der Waals surface area contributed by atoms with Gasteiger partial charge in [-0.05, 0) is 13.0 Å². The van der Waals surface area contributed by atoms with Gasteiger partial charge in [0.05, 0.1) is 24.1 Å². The van der Waals surface area contributed by atoms with E-state index in [9.17, 15) is 0 Å². The molecule has 0 spiro atoms. The molecule has 2 aromatic heterocycles. The third kappa shape index (κ3) is 3.15. The predicted molar refractivity (Wildman–Crippen MR) is 65.4 cm³/mol. The molecule has 2 aromatic rings. The lowest BCUT2D eigenvalue weighted by Gasteiger charge is -1.99. The maximum absolute atomic E-state index is 4.35. The van der Waals surface area contributed by atoms with Crippen LogP contribution in [-0.4, -0.2) is 21.1 Å². The smallest absolute Gasteiger partial charge is 0.0953 e. The first-order valence-corrected chi connectivity index (χ1v) is 6.35. The van der Waals surface area contributed by atoms with E-state index in [2.05, 4.69) is 33.0 Å². The summed E-state index contributed by atoms with van der Waals surface area (Å²) in [6, 6.07) is 0. The first-order chi connectivity index (χ1) is 7.88. The number of imidazole rings is 1. The van der Waals surface area contributed by atoms with Gasteiger partial charge in [-0.15, -0.1) is 11.3 Å². The van der Waals surface area contributed by atoms with E-state index < -0.39 is 0 Å². The fourth-order valence-corrected chi connectivity index (χ4v) is 2.08. The lowest BCUT2D eigenvalue weighted by Crippen LogP contribution is -2.13. The Bertz CT molecular complexity index is 407. The molecule has 16 heavy (non-hydrogen) atoms. The average Bonchev–Trinajstić information content (AvgIpc) is 2.91. The molecule has 4 nitrogen and oxygen atoms in total. The van der Waals surface area contributed by atoms with E-state index in [4.69, 9.17) is 0 Å². The number of rotatable bonds is 6. The molecule has 0 aliphatic rings. The van der Waals surface area contributed by atoms with Crippen LogP contribution in [0, 0.1) is 0 Å². The summed E-state index contributed by atoms with van der Waals surface area (Å²) in [7, 11) is 0. The molecule has 0 unspecified atom stereocenters. The SMILES string of the molecule is CCCNCc1cn(Cc2cncs2)cn1. The van der Waals surface area contributed by atoms with Crippen LogP contribution < -0.4 is 5.32 Å². The second-order valence-electron chi connectivity index (χ2n) is 3.68. The Kier molecular flexibility index (Phi) is 4.07. The maximum atomic E-state index is 4.35. The Hall–Kier alpha value is -1.20. The van der Waals surface area contributed by atoms with Crippen molar-refractivity contribution in [2.24, 2.45) is 0 Å². The van der Waals surface area contributed by atoms with Gasteiger partial charge < -0.3 is 9.88 Å². The molecule has 0 aliphatic heterocycles. The van der Waals surface area contributed by atoms with Gasteiger partial charge in [0.25, 0.3) is 0 Å². The van der Waals surface area contributed by atoms with Gasteiger partial charge >= 0.3 is 0 Å². The molecular formula is C11H16N4S. The summed E-state index contributed by atoms with van der Waals surface area (Å²) in [6.07, 6.45) is 7.02. The highest BCUT2D eigenvalue weighted by Crippen LogP contribution is 2.08. The van der Waals surface area contributed by atoms with Crippen LogP contribution in [0.5, 0.6) is 0 Å². The Morgan fingerprint density at radius 2 is 2.44 bits per heavy atom. The van der Waals surface area contributed by atoms with Crippen LogP contribution in [0.2, 0.25) is 0 Å². The lowest BCUT2D eigenvalue weighted by atomic mass is 10.4. The van der Waals surface area contributed by atoms with Gasteiger partial charge in [-0.25, -0.2) is 4.98 Å². The second kappa shape index (κ2) is 5.77. The van der Waals surface area contributed by atoms with Crippen molar-refractivity contribution in [2.45, 2.75) is 26.4 Å². The number of thiazole rings is 1. The molecule has 0 bridgehead atoms. The van der Waals surface area contributed by atoms with Gasteiger partial charge in [-0.3, -0.25) is 4.98 Å². The number of aromatic nitrogens is 3. The highest BCUT2D eigenvalue weighted by Gasteiger charge is 2.00. The summed E-state index contributed by atoms with van der Waals surface area (Å²) in [5.74, 6) is 0. The Balaban J connectivity index is 1.87. The first kappa shape index (κ1) is 11.3. The Morgan fingerprint density at radius 3 is 3.19 bits per heavy atom. The van der Waals surface area contributed by atoms with Crippen molar-refractivity contribution in [1.82, 2.24) is 19.9 Å². The van der Waals surface area contributed by atoms with E-state index in [0.29, 0.717) is 0 Å². The zero-order valence-corrected chi connectivity index (χ0v) is 10.2. The molecule has 0 fully saturated rings. The molecular weight excluding hydrogens is 220 g/mol. The fraction of sp³-hybridized carbons (Fsp3) is 0.455. The van der Waals surface area contributed by atoms with Crippen LogP contribution in [0.15, 0.2) is 24.2 Å². The van der Waals surface area contributed by atoms with E-state index in [1.807, 2.05) is 18.0 Å². The van der Waals surface area contributed by atoms with E-state index in [1.165, 1.54) is 4.88 Å². The van der Waals surface area contributed by atoms with Crippen molar-refractivity contribution in [1.29, 1.82) is 0 Å².